The van der Waals surface area contributed by atoms with Crippen LogP contribution in [0.4, 0.5) is 0 Å². The highest BCUT2D eigenvalue weighted by atomic mass is 16.5. The minimum atomic E-state index is -0.213. The van der Waals surface area contributed by atoms with E-state index in [4.69, 9.17) is 9.47 Å². The molecule has 1 amide bonds. The molecule has 0 heterocycles. The Morgan fingerprint density at radius 3 is 2.61 bits per heavy atom. The zero-order valence-corrected chi connectivity index (χ0v) is 11.1. The molecule has 5 heteroatoms. The fraction of sp³-hybridized carbons (Fsp3) is 0.385. The van der Waals surface area contributed by atoms with E-state index in [1.54, 1.807) is 20.4 Å². The minimum absolute atomic E-state index is 0.213. The number of hydrazone groups is 1. The monoisotopic (exact) mass is 250 g/mol. The third kappa shape index (κ3) is 3.23. The fourth-order valence-corrected chi connectivity index (χ4v) is 1.69. The molecule has 0 aromatic heterocycles. The summed E-state index contributed by atoms with van der Waals surface area (Å²) < 4.78 is 10.7. The lowest BCUT2D eigenvalue weighted by molar-refractivity contribution is -0.118. The molecule has 0 atom stereocenters. The summed E-state index contributed by atoms with van der Waals surface area (Å²) in [6.07, 6.45) is 2.34. The van der Waals surface area contributed by atoms with Gasteiger partial charge in [0.15, 0.2) is 0 Å². The molecule has 1 aromatic carbocycles. The van der Waals surface area contributed by atoms with Crippen LogP contribution in [-0.4, -0.2) is 26.3 Å². The number of amides is 1. The topological polar surface area (TPSA) is 59.9 Å². The van der Waals surface area contributed by atoms with E-state index in [2.05, 4.69) is 10.5 Å². The minimum Gasteiger partial charge on any atom is -0.496 e. The molecular formula is C13H18N2O3. The highest BCUT2D eigenvalue weighted by Gasteiger charge is 2.12. The molecule has 0 saturated heterocycles. The quantitative estimate of drug-likeness (QED) is 0.639. The van der Waals surface area contributed by atoms with Crippen molar-refractivity contribution in [3.8, 4) is 11.5 Å². The third-order valence-corrected chi connectivity index (χ3v) is 2.45. The van der Waals surface area contributed by atoms with Gasteiger partial charge in [0.2, 0.25) is 5.91 Å². The van der Waals surface area contributed by atoms with Crippen LogP contribution in [0, 0.1) is 0 Å². The third-order valence-electron chi connectivity index (χ3n) is 2.45. The second-order valence-corrected chi connectivity index (χ2v) is 3.65. The summed E-state index contributed by atoms with van der Waals surface area (Å²) in [6, 6.07) is 3.69. The molecular weight excluding hydrogens is 232 g/mol. The number of hydrogen-bond donors (Lipinski definition) is 1. The van der Waals surface area contributed by atoms with Gasteiger partial charge in [-0.25, -0.2) is 5.43 Å². The van der Waals surface area contributed by atoms with Gasteiger partial charge < -0.3 is 9.47 Å². The number of methoxy groups -OCH3 is 2. The van der Waals surface area contributed by atoms with Crippen LogP contribution in [0.2, 0.25) is 0 Å². The molecule has 1 rings (SSSR count). The van der Waals surface area contributed by atoms with E-state index in [9.17, 15) is 4.79 Å². The Hall–Kier alpha value is -2.04. The van der Waals surface area contributed by atoms with E-state index < -0.39 is 0 Å². The van der Waals surface area contributed by atoms with E-state index in [-0.39, 0.29) is 5.91 Å². The molecule has 0 unspecified atom stereocenters. The molecule has 0 aliphatic carbocycles. The summed E-state index contributed by atoms with van der Waals surface area (Å²) in [4.78, 5) is 10.7. The number of carbonyl (C=O) groups is 1. The number of benzene rings is 1. The van der Waals surface area contributed by atoms with Crippen molar-refractivity contribution in [2.24, 2.45) is 5.10 Å². The predicted octanol–water partition coefficient (Wildman–Crippen LogP) is 1.74. The zero-order valence-electron chi connectivity index (χ0n) is 11.1. The van der Waals surface area contributed by atoms with Gasteiger partial charge in [-0.05, 0) is 18.6 Å². The average molecular weight is 250 g/mol. The summed E-state index contributed by atoms with van der Waals surface area (Å²) in [5.41, 5.74) is 4.13. The van der Waals surface area contributed by atoms with Crippen molar-refractivity contribution in [3.05, 3.63) is 23.3 Å². The van der Waals surface area contributed by atoms with Gasteiger partial charge in [0.1, 0.15) is 11.5 Å². The number of rotatable bonds is 5. The molecule has 0 bridgehead atoms. The van der Waals surface area contributed by atoms with Crippen LogP contribution in [0.1, 0.15) is 25.0 Å². The molecule has 0 radical (unpaired) electrons. The maximum absolute atomic E-state index is 10.7. The largest absolute Gasteiger partial charge is 0.496 e. The lowest BCUT2D eigenvalue weighted by Crippen LogP contribution is -2.12. The van der Waals surface area contributed by atoms with Crippen LogP contribution >= 0.6 is 0 Å². The van der Waals surface area contributed by atoms with Crippen molar-refractivity contribution in [3.63, 3.8) is 0 Å². The predicted molar refractivity (Wildman–Crippen MR) is 70.3 cm³/mol. The molecule has 18 heavy (non-hydrogen) atoms. The van der Waals surface area contributed by atoms with Gasteiger partial charge in [-0.1, -0.05) is 6.92 Å². The number of ether oxygens (including phenoxy) is 2. The van der Waals surface area contributed by atoms with Crippen LogP contribution in [0.5, 0.6) is 11.5 Å². The average Bonchev–Trinajstić information content (AvgIpc) is 2.37. The van der Waals surface area contributed by atoms with Gasteiger partial charge in [-0.2, -0.15) is 5.10 Å². The van der Waals surface area contributed by atoms with E-state index in [1.807, 2.05) is 19.1 Å². The Kier molecular flexibility index (Phi) is 5.17. The maximum Gasteiger partial charge on any atom is 0.236 e. The second-order valence-electron chi connectivity index (χ2n) is 3.65. The van der Waals surface area contributed by atoms with Gasteiger partial charge in [-0.15, -0.1) is 0 Å². The molecule has 98 valence electrons. The van der Waals surface area contributed by atoms with Crippen LogP contribution in [-0.2, 0) is 11.2 Å². The van der Waals surface area contributed by atoms with Gasteiger partial charge in [0.25, 0.3) is 0 Å². The summed E-state index contributed by atoms with van der Waals surface area (Å²) in [7, 11) is 3.22. The number of nitrogens with zero attached hydrogens (tertiary/aromatic N) is 1. The van der Waals surface area contributed by atoms with E-state index >= 15 is 0 Å². The lowest BCUT2D eigenvalue weighted by Gasteiger charge is -2.13. The number of hydrogen-bond acceptors (Lipinski definition) is 4. The summed E-state index contributed by atoms with van der Waals surface area (Å²) in [5.74, 6) is 1.28. The Bertz CT molecular complexity index is 456. The van der Waals surface area contributed by atoms with Crippen molar-refractivity contribution in [2.75, 3.05) is 14.2 Å². The first-order chi connectivity index (χ1) is 8.63. The first-order valence-corrected chi connectivity index (χ1v) is 5.67. The number of nitrogens with one attached hydrogen (secondary N) is 1. The fourth-order valence-electron chi connectivity index (χ4n) is 1.69. The van der Waals surface area contributed by atoms with E-state index in [1.165, 1.54) is 6.92 Å². The maximum atomic E-state index is 10.7. The molecule has 1 N–H and O–H groups in total. The summed E-state index contributed by atoms with van der Waals surface area (Å²) in [5, 5.41) is 3.84. The zero-order chi connectivity index (χ0) is 13.5. The van der Waals surface area contributed by atoms with Gasteiger partial charge in [0, 0.05) is 18.1 Å². The second kappa shape index (κ2) is 6.64. The van der Waals surface area contributed by atoms with Gasteiger partial charge >= 0.3 is 0 Å². The first-order valence-electron chi connectivity index (χ1n) is 5.67. The Labute approximate surface area is 107 Å². The molecule has 0 spiro atoms. The molecule has 0 saturated carbocycles. The van der Waals surface area contributed by atoms with Crippen LogP contribution in [0.15, 0.2) is 17.2 Å². The Morgan fingerprint density at radius 1 is 1.39 bits per heavy atom. The standard InChI is InChI=1S/C13H18N2O3/c1-5-11-12(17-3)7-6-10(13(11)18-4)8-14-15-9(2)16/h6-8H,5H2,1-4H3,(H,15,16). The van der Waals surface area contributed by atoms with Crippen LogP contribution in [0.25, 0.3) is 0 Å². The normalized spacial score (nSPS) is 10.4. The Balaban J connectivity index is 3.12. The Morgan fingerprint density at radius 2 is 2.11 bits per heavy atom. The van der Waals surface area contributed by atoms with E-state index in [0.717, 1.165) is 23.3 Å². The lowest BCUT2D eigenvalue weighted by atomic mass is 10.1. The smallest absolute Gasteiger partial charge is 0.236 e. The van der Waals surface area contributed by atoms with Crippen molar-refractivity contribution in [1.29, 1.82) is 0 Å². The number of carbonyl (C=O) groups excluding carboxylic acids is 1. The van der Waals surface area contributed by atoms with Crippen molar-refractivity contribution < 1.29 is 14.3 Å². The molecule has 0 aliphatic rings. The van der Waals surface area contributed by atoms with E-state index in [0.29, 0.717) is 5.75 Å². The highest BCUT2D eigenvalue weighted by molar-refractivity contribution is 5.86. The summed E-state index contributed by atoms with van der Waals surface area (Å²) in [6.45, 7) is 3.43. The molecule has 0 fully saturated rings. The molecule has 1 aromatic rings. The van der Waals surface area contributed by atoms with Crippen molar-refractivity contribution in [1.82, 2.24) is 5.43 Å². The van der Waals surface area contributed by atoms with Crippen LogP contribution in [0.3, 0.4) is 0 Å². The van der Waals surface area contributed by atoms with Crippen LogP contribution < -0.4 is 14.9 Å². The molecule has 5 nitrogen and oxygen atoms in total. The van der Waals surface area contributed by atoms with Crippen molar-refractivity contribution >= 4 is 12.1 Å². The van der Waals surface area contributed by atoms with Crippen molar-refractivity contribution in [2.45, 2.75) is 20.3 Å². The highest BCUT2D eigenvalue weighted by Crippen LogP contribution is 2.31. The first kappa shape index (κ1) is 14.0. The SMILES string of the molecule is CCc1c(OC)ccc(C=NNC(C)=O)c1OC. The molecule has 0 aliphatic heterocycles. The summed E-state index contributed by atoms with van der Waals surface area (Å²) >= 11 is 0. The van der Waals surface area contributed by atoms with Gasteiger partial charge in [-0.3, -0.25) is 4.79 Å². The van der Waals surface area contributed by atoms with Gasteiger partial charge in [0.05, 0.1) is 20.4 Å².